The zero-order valence-electron chi connectivity index (χ0n) is 12.2. The molecule has 2 heterocycles. The van der Waals surface area contributed by atoms with Crippen LogP contribution >= 0.6 is 0 Å². The van der Waals surface area contributed by atoms with Crippen LogP contribution < -0.4 is 4.74 Å². The van der Waals surface area contributed by atoms with Crippen molar-refractivity contribution in [2.75, 3.05) is 7.11 Å². The number of hydrogen-bond acceptors (Lipinski definition) is 5. The van der Waals surface area contributed by atoms with Crippen molar-refractivity contribution in [1.82, 2.24) is 20.2 Å². The van der Waals surface area contributed by atoms with Crippen LogP contribution in [0.1, 0.15) is 11.1 Å². The number of alkyl halides is 3. The van der Waals surface area contributed by atoms with E-state index in [2.05, 4.69) is 20.2 Å². The van der Waals surface area contributed by atoms with Crippen molar-refractivity contribution in [3.8, 4) is 17.1 Å². The van der Waals surface area contributed by atoms with Gasteiger partial charge in [0.05, 0.1) is 18.2 Å². The van der Waals surface area contributed by atoms with Crippen molar-refractivity contribution in [1.29, 1.82) is 0 Å². The summed E-state index contributed by atoms with van der Waals surface area (Å²) in [6, 6.07) is 5.36. The quantitative estimate of drug-likeness (QED) is 0.724. The Balaban J connectivity index is 2.21. The van der Waals surface area contributed by atoms with E-state index in [-0.39, 0.29) is 11.6 Å². The van der Waals surface area contributed by atoms with Crippen LogP contribution in [-0.4, -0.2) is 27.3 Å². The van der Waals surface area contributed by atoms with Gasteiger partial charge in [-0.15, -0.1) is 10.2 Å². The van der Waals surface area contributed by atoms with Crippen LogP contribution in [0.25, 0.3) is 22.6 Å². The highest BCUT2D eigenvalue weighted by Crippen LogP contribution is 2.38. The molecule has 23 heavy (non-hydrogen) atoms. The summed E-state index contributed by atoms with van der Waals surface area (Å²) in [7, 11) is 1.30. The van der Waals surface area contributed by atoms with Gasteiger partial charge in [-0.1, -0.05) is 0 Å². The Morgan fingerprint density at radius 2 is 1.91 bits per heavy atom. The maximum Gasteiger partial charge on any atom is 0.416 e. The van der Waals surface area contributed by atoms with Crippen LogP contribution in [0.2, 0.25) is 0 Å². The summed E-state index contributed by atoms with van der Waals surface area (Å²) in [4.78, 5) is 8.32. The van der Waals surface area contributed by atoms with Gasteiger partial charge in [0.15, 0.2) is 11.5 Å². The molecule has 0 amide bonds. The third-order valence-corrected chi connectivity index (χ3v) is 3.30. The molecule has 0 spiro atoms. The minimum atomic E-state index is -4.46. The molecule has 8 heteroatoms. The smallest absolute Gasteiger partial charge is 0.416 e. The highest BCUT2D eigenvalue weighted by molar-refractivity contribution is 5.75. The van der Waals surface area contributed by atoms with Crippen LogP contribution in [0.4, 0.5) is 13.2 Å². The largest absolute Gasteiger partial charge is 0.496 e. The first-order valence-electron chi connectivity index (χ1n) is 6.62. The Morgan fingerprint density at radius 1 is 1.13 bits per heavy atom. The first-order valence-corrected chi connectivity index (χ1v) is 6.62. The summed E-state index contributed by atoms with van der Waals surface area (Å²) in [6.45, 7) is 1.55. The summed E-state index contributed by atoms with van der Waals surface area (Å²) in [5, 5.41) is 7.90. The van der Waals surface area contributed by atoms with Crippen molar-refractivity contribution in [2.24, 2.45) is 0 Å². The number of methoxy groups -OCH3 is 1. The Morgan fingerprint density at radius 3 is 2.61 bits per heavy atom. The molecule has 2 aromatic heterocycles. The van der Waals surface area contributed by atoms with Gasteiger partial charge in [-0.3, -0.25) is 0 Å². The van der Waals surface area contributed by atoms with Crippen molar-refractivity contribution < 1.29 is 17.9 Å². The van der Waals surface area contributed by atoms with Gasteiger partial charge >= 0.3 is 6.18 Å². The lowest BCUT2D eigenvalue weighted by Crippen LogP contribution is -2.07. The average Bonchev–Trinajstić information content (AvgIpc) is 2.52. The number of fused-ring (bicyclic) bond motifs is 1. The van der Waals surface area contributed by atoms with Gasteiger partial charge in [-0.25, -0.2) is 9.97 Å². The lowest BCUT2D eigenvalue weighted by atomic mass is 10.0. The molecule has 0 fully saturated rings. The van der Waals surface area contributed by atoms with Gasteiger partial charge in [0, 0.05) is 6.20 Å². The van der Waals surface area contributed by atoms with Crippen LogP contribution in [-0.2, 0) is 6.18 Å². The topological polar surface area (TPSA) is 60.8 Å². The number of halogens is 3. The fraction of sp³-hybridized carbons (Fsp3) is 0.200. The molecule has 0 atom stereocenters. The molecule has 0 saturated heterocycles. The SMILES string of the molecule is COc1cc(C(F)(F)F)cc(C)c1-c1nnc2ncccc2n1. The maximum absolute atomic E-state index is 12.9. The van der Waals surface area contributed by atoms with Crippen LogP contribution in [0.5, 0.6) is 5.75 Å². The van der Waals surface area contributed by atoms with E-state index >= 15 is 0 Å². The molecular formula is C15H11F3N4O. The number of aromatic nitrogens is 4. The predicted octanol–water partition coefficient (Wildman–Crippen LogP) is 3.42. The second-order valence-electron chi connectivity index (χ2n) is 4.85. The maximum atomic E-state index is 12.9. The zero-order chi connectivity index (χ0) is 16.6. The standard InChI is InChI=1S/C15H11F3N4O/c1-8-6-9(15(16,17)18)7-11(23-2)12(8)14-20-10-4-3-5-19-13(10)21-22-14/h3-7H,1-2H3. The number of ether oxygens (including phenoxy) is 1. The fourth-order valence-corrected chi connectivity index (χ4v) is 2.26. The second-order valence-corrected chi connectivity index (χ2v) is 4.85. The highest BCUT2D eigenvalue weighted by atomic mass is 19.4. The summed E-state index contributed by atoms with van der Waals surface area (Å²) in [5.41, 5.74) is 0.796. The van der Waals surface area contributed by atoms with Gasteiger partial charge in [0.25, 0.3) is 0 Å². The lowest BCUT2D eigenvalue weighted by molar-refractivity contribution is -0.137. The molecule has 0 N–H and O–H groups in total. The second kappa shape index (κ2) is 5.45. The number of aryl methyl sites for hydroxylation is 1. The molecular weight excluding hydrogens is 309 g/mol. The Kier molecular flexibility index (Phi) is 3.59. The Hall–Kier alpha value is -2.77. The molecule has 0 saturated carbocycles. The number of benzene rings is 1. The predicted molar refractivity (Wildman–Crippen MR) is 76.9 cm³/mol. The van der Waals surface area contributed by atoms with E-state index in [9.17, 15) is 13.2 Å². The first-order chi connectivity index (χ1) is 10.9. The molecule has 1 aromatic carbocycles. The van der Waals surface area contributed by atoms with Crippen molar-refractivity contribution in [2.45, 2.75) is 13.1 Å². The summed E-state index contributed by atoms with van der Waals surface area (Å²) >= 11 is 0. The normalized spacial score (nSPS) is 11.7. The third kappa shape index (κ3) is 2.79. The van der Waals surface area contributed by atoms with Gasteiger partial charge in [-0.05, 0) is 36.8 Å². The third-order valence-electron chi connectivity index (χ3n) is 3.30. The molecule has 118 valence electrons. The van der Waals surface area contributed by atoms with Crippen LogP contribution in [0.15, 0.2) is 30.5 Å². The van der Waals surface area contributed by atoms with Gasteiger partial charge in [0.1, 0.15) is 11.3 Å². The summed E-state index contributed by atoms with van der Waals surface area (Å²) in [6.07, 6.45) is -2.90. The molecule has 0 bridgehead atoms. The molecule has 5 nitrogen and oxygen atoms in total. The van der Waals surface area contributed by atoms with E-state index in [0.717, 1.165) is 12.1 Å². The number of hydrogen-bond donors (Lipinski definition) is 0. The zero-order valence-corrected chi connectivity index (χ0v) is 12.2. The molecule has 0 aliphatic heterocycles. The fourth-order valence-electron chi connectivity index (χ4n) is 2.26. The van der Waals surface area contributed by atoms with Gasteiger partial charge in [-0.2, -0.15) is 13.2 Å². The number of nitrogens with zero attached hydrogens (tertiary/aromatic N) is 4. The van der Waals surface area contributed by atoms with Crippen LogP contribution in [0, 0.1) is 6.92 Å². The number of rotatable bonds is 2. The van der Waals surface area contributed by atoms with Crippen molar-refractivity contribution >= 4 is 11.2 Å². The summed E-state index contributed by atoms with van der Waals surface area (Å²) in [5.74, 6) is 0.232. The van der Waals surface area contributed by atoms with Crippen LogP contribution in [0.3, 0.4) is 0 Å². The molecule has 0 unspecified atom stereocenters. The van der Waals surface area contributed by atoms with Crippen molar-refractivity contribution in [3.05, 3.63) is 41.6 Å². The monoisotopic (exact) mass is 320 g/mol. The van der Waals surface area contributed by atoms with Gasteiger partial charge in [0.2, 0.25) is 0 Å². The van der Waals surface area contributed by atoms with E-state index < -0.39 is 11.7 Å². The van der Waals surface area contributed by atoms with Gasteiger partial charge < -0.3 is 4.74 Å². The molecule has 0 aliphatic carbocycles. The molecule has 0 radical (unpaired) electrons. The molecule has 0 aliphatic rings. The lowest BCUT2D eigenvalue weighted by Gasteiger charge is -2.14. The molecule has 3 rings (SSSR count). The van der Waals surface area contributed by atoms with E-state index in [4.69, 9.17) is 4.74 Å². The van der Waals surface area contributed by atoms with E-state index in [1.807, 2.05) is 0 Å². The highest BCUT2D eigenvalue weighted by Gasteiger charge is 2.32. The Bertz CT molecular complexity index is 880. The van der Waals surface area contributed by atoms with Crippen molar-refractivity contribution in [3.63, 3.8) is 0 Å². The first kappa shape index (κ1) is 15.1. The summed E-state index contributed by atoms with van der Waals surface area (Å²) < 4.78 is 43.9. The van der Waals surface area contributed by atoms with E-state index in [1.54, 1.807) is 25.3 Å². The Labute approximate surface area is 129 Å². The molecule has 3 aromatic rings. The minimum absolute atomic E-state index is 0.0439. The van der Waals surface area contributed by atoms with E-state index in [1.165, 1.54) is 7.11 Å². The van der Waals surface area contributed by atoms with E-state index in [0.29, 0.717) is 22.3 Å². The number of pyridine rings is 1. The minimum Gasteiger partial charge on any atom is -0.496 e. The average molecular weight is 320 g/mol.